The van der Waals surface area contributed by atoms with Gasteiger partial charge >= 0.3 is 0 Å². The lowest BCUT2D eigenvalue weighted by Gasteiger charge is -2.13. The van der Waals surface area contributed by atoms with Crippen molar-refractivity contribution in [2.45, 2.75) is 24.4 Å². The zero-order valence-electron chi connectivity index (χ0n) is 9.84. The summed E-state index contributed by atoms with van der Waals surface area (Å²) < 4.78 is 32.9. The van der Waals surface area contributed by atoms with Gasteiger partial charge in [-0.2, -0.15) is 0 Å². The average Bonchev–Trinajstić information content (AvgIpc) is 2.55. The largest absolute Gasteiger partial charge is 0.385 e. The monoisotopic (exact) mass is 326 g/mol. The van der Waals surface area contributed by atoms with Crippen LogP contribution in [0.4, 0.5) is 0 Å². The Morgan fingerprint density at radius 2 is 2.24 bits per heavy atom. The van der Waals surface area contributed by atoms with Gasteiger partial charge in [-0.15, -0.1) is 5.10 Å². The molecule has 0 aliphatic carbocycles. The first-order valence-electron chi connectivity index (χ1n) is 4.95. The molecule has 9 heteroatoms. The second-order valence-corrected chi connectivity index (χ2v) is 5.99. The van der Waals surface area contributed by atoms with Gasteiger partial charge in [0.25, 0.3) is 10.0 Å². The SMILES string of the molecule is COCCC(C)NS(=O)(=O)c1c(Br)nnn1C. The zero-order valence-corrected chi connectivity index (χ0v) is 12.2. The summed E-state index contributed by atoms with van der Waals surface area (Å²) in [5, 5.41) is 7.28. The summed E-state index contributed by atoms with van der Waals surface area (Å²) in [6.45, 7) is 2.27. The van der Waals surface area contributed by atoms with E-state index in [9.17, 15) is 8.42 Å². The number of rotatable bonds is 6. The van der Waals surface area contributed by atoms with Crippen molar-refractivity contribution in [1.29, 1.82) is 0 Å². The standard InChI is InChI=1S/C8H15BrN4O3S/c1-6(4-5-16-3)11-17(14,15)8-7(9)10-12-13(8)2/h6,11H,4-5H2,1-3H3. The molecule has 1 aromatic heterocycles. The Morgan fingerprint density at radius 1 is 1.59 bits per heavy atom. The Bertz CT molecular complexity index is 454. The third-order valence-corrected chi connectivity index (χ3v) is 4.58. The summed E-state index contributed by atoms with van der Waals surface area (Å²) in [5.74, 6) is 0. The second kappa shape index (κ2) is 5.89. The number of nitrogens with zero attached hydrogens (tertiary/aromatic N) is 3. The number of ether oxygens (including phenoxy) is 1. The number of halogens is 1. The second-order valence-electron chi connectivity index (χ2n) is 3.61. The van der Waals surface area contributed by atoms with Crippen LogP contribution in [-0.4, -0.2) is 43.2 Å². The molecule has 0 aromatic carbocycles. The Balaban J connectivity index is 2.83. The first kappa shape index (κ1) is 14.6. The van der Waals surface area contributed by atoms with Gasteiger partial charge in [-0.05, 0) is 29.3 Å². The van der Waals surface area contributed by atoms with Crippen LogP contribution in [0.2, 0.25) is 0 Å². The molecule has 0 bridgehead atoms. The lowest BCUT2D eigenvalue weighted by molar-refractivity contribution is 0.188. The van der Waals surface area contributed by atoms with Crippen molar-refractivity contribution in [3.8, 4) is 0 Å². The Kier molecular flexibility index (Phi) is 5.04. The first-order valence-corrected chi connectivity index (χ1v) is 7.22. The molecule has 1 N–H and O–H groups in total. The van der Waals surface area contributed by atoms with Gasteiger partial charge in [-0.3, -0.25) is 0 Å². The Labute approximate surface area is 109 Å². The molecule has 1 heterocycles. The fourth-order valence-corrected chi connectivity index (χ4v) is 3.66. The number of aromatic nitrogens is 3. The van der Waals surface area contributed by atoms with Crippen LogP contribution in [0.25, 0.3) is 0 Å². The quantitative estimate of drug-likeness (QED) is 0.811. The summed E-state index contributed by atoms with van der Waals surface area (Å²) in [4.78, 5) is 0. The highest BCUT2D eigenvalue weighted by atomic mass is 79.9. The van der Waals surface area contributed by atoms with Gasteiger partial charge in [-0.1, -0.05) is 5.21 Å². The topological polar surface area (TPSA) is 86.1 Å². The van der Waals surface area contributed by atoms with E-state index in [0.717, 1.165) is 0 Å². The maximum Gasteiger partial charge on any atom is 0.260 e. The van der Waals surface area contributed by atoms with Crippen LogP contribution in [0, 0.1) is 0 Å². The fraction of sp³-hybridized carbons (Fsp3) is 0.750. The van der Waals surface area contributed by atoms with Crippen molar-refractivity contribution < 1.29 is 13.2 Å². The number of hydrogen-bond donors (Lipinski definition) is 1. The van der Waals surface area contributed by atoms with Gasteiger partial charge in [0.05, 0.1) is 0 Å². The van der Waals surface area contributed by atoms with Crippen LogP contribution in [0.5, 0.6) is 0 Å². The molecule has 0 radical (unpaired) electrons. The third kappa shape index (κ3) is 3.73. The van der Waals surface area contributed by atoms with Crippen molar-refractivity contribution in [3.63, 3.8) is 0 Å². The van der Waals surface area contributed by atoms with Crippen LogP contribution >= 0.6 is 15.9 Å². The van der Waals surface area contributed by atoms with Gasteiger partial charge in [0.1, 0.15) is 0 Å². The number of hydrogen-bond acceptors (Lipinski definition) is 5. The molecular formula is C8H15BrN4O3S. The Morgan fingerprint density at radius 3 is 2.71 bits per heavy atom. The third-order valence-electron chi connectivity index (χ3n) is 2.10. The molecule has 0 spiro atoms. The van der Waals surface area contributed by atoms with E-state index in [1.165, 1.54) is 11.7 Å². The molecule has 0 aliphatic rings. The summed E-state index contributed by atoms with van der Waals surface area (Å²) in [7, 11) is -0.530. The highest BCUT2D eigenvalue weighted by Crippen LogP contribution is 2.18. The molecule has 1 atom stereocenters. The molecule has 98 valence electrons. The summed E-state index contributed by atoms with van der Waals surface area (Å²) in [6, 6.07) is -0.221. The predicted molar refractivity (Wildman–Crippen MR) is 65.0 cm³/mol. The van der Waals surface area contributed by atoms with Crippen LogP contribution < -0.4 is 4.72 Å². The molecule has 17 heavy (non-hydrogen) atoms. The molecule has 0 saturated carbocycles. The van der Waals surface area contributed by atoms with Gasteiger partial charge in [-0.25, -0.2) is 17.8 Å². The average molecular weight is 327 g/mol. The summed E-state index contributed by atoms with van der Waals surface area (Å²) >= 11 is 3.06. The van der Waals surface area contributed by atoms with E-state index in [2.05, 4.69) is 31.0 Å². The molecule has 0 saturated heterocycles. The van der Waals surface area contributed by atoms with Crippen LogP contribution in [-0.2, 0) is 21.8 Å². The Hall–Kier alpha value is -0.510. The number of sulfonamides is 1. The molecule has 1 rings (SSSR count). The van der Waals surface area contributed by atoms with E-state index in [4.69, 9.17) is 4.74 Å². The minimum absolute atomic E-state index is 0.0155. The van der Waals surface area contributed by atoms with Crippen molar-refractivity contribution in [3.05, 3.63) is 4.60 Å². The molecule has 7 nitrogen and oxygen atoms in total. The highest BCUT2D eigenvalue weighted by Gasteiger charge is 2.25. The number of nitrogens with one attached hydrogen (secondary N) is 1. The molecule has 0 aliphatic heterocycles. The van der Waals surface area contributed by atoms with Crippen molar-refractivity contribution >= 4 is 26.0 Å². The van der Waals surface area contributed by atoms with E-state index in [0.29, 0.717) is 13.0 Å². The van der Waals surface area contributed by atoms with E-state index in [-0.39, 0.29) is 15.7 Å². The van der Waals surface area contributed by atoms with E-state index in [1.807, 2.05) is 0 Å². The smallest absolute Gasteiger partial charge is 0.260 e. The minimum atomic E-state index is -3.62. The first-order chi connectivity index (χ1) is 7.88. The van der Waals surface area contributed by atoms with Crippen LogP contribution in [0.3, 0.4) is 0 Å². The van der Waals surface area contributed by atoms with E-state index >= 15 is 0 Å². The number of methoxy groups -OCH3 is 1. The summed E-state index contributed by atoms with van der Waals surface area (Å²) in [6.07, 6.45) is 0.596. The lowest BCUT2D eigenvalue weighted by Crippen LogP contribution is -2.34. The van der Waals surface area contributed by atoms with Crippen LogP contribution in [0.1, 0.15) is 13.3 Å². The highest BCUT2D eigenvalue weighted by molar-refractivity contribution is 9.10. The molecular weight excluding hydrogens is 312 g/mol. The maximum absolute atomic E-state index is 12.0. The van der Waals surface area contributed by atoms with Gasteiger partial charge in [0.2, 0.25) is 5.03 Å². The minimum Gasteiger partial charge on any atom is -0.385 e. The summed E-state index contributed by atoms with van der Waals surface area (Å²) in [5.41, 5.74) is 0. The van der Waals surface area contributed by atoms with Gasteiger partial charge in [0, 0.05) is 26.8 Å². The molecule has 1 unspecified atom stereocenters. The predicted octanol–water partition coefficient (Wildman–Crippen LogP) is 0.281. The molecule has 0 fully saturated rings. The van der Waals surface area contributed by atoms with E-state index in [1.54, 1.807) is 14.0 Å². The van der Waals surface area contributed by atoms with Crippen molar-refractivity contribution in [1.82, 2.24) is 19.7 Å². The van der Waals surface area contributed by atoms with Gasteiger partial charge < -0.3 is 4.74 Å². The zero-order chi connectivity index (χ0) is 13.1. The normalized spacial score (nSPS) is 13.9. The number of aryl methyl sites for hydroxylation is 1. The maximum atomic E-state index is 12.0. The molecule has 1 aromatic rings. The fourth-order valence-electron chi connectivity index (χ4n) is 1.28. The molecule has 0 amide bonds. The van der Waals surface area contributed by atoms with Crippen molar-refractivity contribution in [2.75, 3.05) is 13.7 Å². The lowest BCUT2D eigenvalue weighted by atomic mass is 10.3. The van der Waals surface area contributed by atoms with Gasteiger partial charge in [0.15, 0.2) is 4.60 Å². The van der Waals surface area contributed by atoms with Crippen LogP contribution in [0.15, 0.2) is 9.63 Å². The van der Waals surface area contributed by atoms with Crippen molar-refractivity contribution in [2.24, 2.45) is 7.05 Å². The van der Waals surface area contributed by atoms with E-state index < -0.39 is 10.0 Å².